The molecule has 1 saturated heterocycles. The number of halogens is 2. The Morgan fingerprint density at radius 1 is 1.25 bits per heavy atom. The average Bonchev–Trinajstić information content (AvgIpc) is 3.17. The number of carbonyl (C=O) groups is 1. The van der Waals surface area contributed by atoms with Crippen LogP contribution in [0.2, 0.25) is 5.02 Å². The third-order valence-electron chi connectivity index (χ3n) is 5.29. The van der Waals surface area contributed by atoms with E-state index in [9.17, 15) is 9.18 Å². The molecular formula is C21H23ClFN7O2. The highest BCUT2D eigenvalue weighted by atomic mass is 35.5. The van der Waals surface area contributed by atoms with Crippen LogP contribution in [0.4, 0.5) is 10.1 Å². The van der Waals surface area contributed by atoms with E-state index in [0.29, 0.717) is 53.7 Å². The third-order valence-corrected chi connectivity index (χ3v) is 5.61. The van der Waals surface area contributed by atoms with Crippen molar-refractivity contribution >= 4 is 40.1 Å². The van der Waals surface area contributed by atoms with E-state index in [4.69, 9.17) is 27.5 Å². The summed E-state index contributed by atoms with van der Waals surface area (Å²) < 4.78 is 19.3. The highest BCUT2D eigenvalue weighted by Gasteiger charge is 2.24. The highest BCUT2D eigenvalue weighted by molar-refractivity contribution is 6.32. The summed E-state index contributed by atoms with van der Waals surface area (Å²) in [6.07, 6.45) is 1.62. The monoisotopic (exact) mass is 459 g/mol. The van der Waals surface area contributed by atoms with Gasteiger partial charge in [0.1, 0.15) is 37.1 Å². The Kier molecular flexibility index (Phi) is 6.40. The molecule has 3 N–H and O–H groups in total. The number of aromatic nitrogens is 3. The largest absolute Gasteiger partial charge is 0.489 e. The Morgan fingerprint density at radius 3 is 2.75 bits per heavy atom. The van der Waals surface area contributed by atoms with Crippen LogP contribution in [0, 0.1) is 5.41 Å². The van der Waals surface area contributed by atoms with Crippen LogP contribution in [-0.4, -0.2) is 70.9 Å². The molecular weight excluding hydrogens is 437 g/mol. The zero-order chi connectivity index (χ0) is 22.7. The second-order valence-electron chi connectivity index (χ2n) is 7.31. The molecule has 1 aliphatic rings. The van der Waals surface area contributed by atoms with Gasteiger partial charge >= 0.3 is 0 Å². The standard InChI is InChI=1S/C21H23ClFN7O2/c22-16-4-3-14(12-17(16)32-11-5-23)28-7-9-29(10-8-28)18(31)13-30-21-15(2-1-6-26-21)19(27-30)20(24)25/h1-4,6,12H,5,7-11,13H2,(H3,24,25). The molecule has 0 radical (unpaired) electrons. The van der Waals surface area contributed by atoms with E-state index in [-0.39, 0.29) is 24.9 Å². The van der Waals surface area contributed by atoms with Crippen LogP contribution in [0.1, 0.15) is 5.69 Å². The molecule has 1 aromatic carbocycles. The van der Waals surface area contributed by atoms with Gasteiger partial charge in [-0.05, 0) is 24.3 Å². The van der Waals surface area contributed by atoms with Gasteiger partial charge in [0, 0.05) is 44.1 Å². The molecule has 0 aliphatic carbocycles. The average molecular weight is 460 g/mol. The lowest BCUT2D eigenvalue weighted by molar-refractivity contribution is -0.132. The number of carbonyl (C=O) groups excluding carboxylic acids is 1. The summed E-state index contributed by atoms with van der Waals surface area (Å²) in [7, 11) is 0. The van der Waals surface area contributed by atoms with Crippen LogP contribution in [0.15, 0.2) is 36.5 Å². The SMILES string of the molecule is N=C(N)c1nn(CC(=O)N2CCN(c3ccc(Cl)c(OCCF)c3)CC2)c2ncccc12. The number of benzene rings is 1. The fourth-order valence-electron chi connectivity index (χ4n) is 3.71. The Balaban J connectivity index is 1.42. The van der Waals surface area contributed by atoms with E-state index < -0.39 is 6.67 Å². The maximum Gasteiger partial charge on any atom is 0.244 e. The number of nitrogens with one attached hydrogen (secondary N) is 1. The number of hydrogen-bond acceptors (Lipinski definition) is 6. The van der Waals surface area contributed by atoms with Crippen LogP contribution in [0.3, 0.4) is 0 Å². The van der Waals surface area contributed by atoms with Gasteiger partial charge in [0.2, 0.25) is 5.91 Å². The molecule has 4 rings (SSSR count). The number of anilines is 1. The Hall–Kier alpha value is -3.40. The fourth-order valence-corrected chi connectivity index (χ4v) is 3.88. The summed E-state index contributed by atoms with van der Waals surface area (Å²) in [5, 5.41) is 13.1. The molecule has 0 bridgehead atoms. The number of nitrogens with two attached hydrogens (primary N) is 1. The summed E-state index contributed by atoms with van der Waals surface area (Å²) in [4.78, 5) is 21.1. The molecule has 0 spiro atoms. The number of alkyl halides is 1. The molecule has 0 atom stereocenters. The quantitative estimate of drug-likeness (QED) is 0.413. The Morgan fingerprint density at radius 2 is 2.03 bits per heavy atom. The first kappa shape index (κ1) is 21.8. The molecule has 9 nitrogen and oxygen atoms in total. The number of fused-ring (bicyclic) bond motifs is 1. The predicted octanol–water partition coefficient (Wildman–Crippen LogP) is 2.07. The smallest absolute Gasteiger partial charge is 0.244 e. The van der Waals surface area contributed by atoms with Gasteiger partial charge in [0.15, 0.2) is 5.65 Å². The van der Waals surface area contributed by atoms with Crippen molar-refractivity contribution in [1.29, 1.82) is 5.41 Å². The summed E-state index contributed by atoms with van der Waals surface area (Å²) >= 11 is 6.12. The van der Waals surface area contributed by atoms with Gasteiger partial charge in [-0.3, -0.25) is 10.2 Å². The lowest BCUT2D eigenvalue weighted by atomic mass is 10.2. The lowest BCUT2D eigenvalue weighted by Crippen LogP contribution is -2.49. The third kappa shape index (κ3) is 4.45. The Bertz CT molecular complexity index is 1140. The number of amidine groups is 1. The first-order valence-corrected chi connectivity index (χ1v) is 10.5. The lowest BCUT2D eigenvalue weighted by Gasteiger charge is -2.36. The van der Waals surface area contributed by atoms with E-state index in [0.717, 1.165) is 5.69 Å². The number of hydrogen-bond donors (Lipinski definition) is 2. The minimum Gasteiger partial charge on any atom is -0.489 e. The maximum atomic E-state index is 12.9. The molecule has 1 fully saturated rings. The number of nitrogens with zero attached hydrogens (tertiary/aromatic N) is 5. The van der Waals surface area contributed by atoms with Crippen molar-refractivity contribution in [3.05, 3.63) is 47.2 Å². The van der Waals surface area contributed by atoms with Crippen molar-refractivity contribution in [1.82, 2.24) is 19.7 Å². The number of ether oxygens (including phenoxy) is 1. The zero-order valence-corrected chi connectivity index (χ0v) is 18.1. The van der Waals surface area contributed by atoms with Crippen molar-refractivity contribution in [2.45, 2.75) is 6.54 Å². The van der Waals surface area contributed by atoms with E-state index >= 15 is 0 Å². The summed E-state index contributed by atoms with van der Waals surface area (Å²) in [6.45, 7) is 1.72. The summed E-state index contributed by atoms with van der Waals surface area (Å²) in [5.41, 5.74) is 7.37. The van der Waals surface area contributed by atoms with Gasteiger partial charge in [-0.25, -0.2) is 14.1 Å². The summed E-state index contributed by atoms with van der Waals surface area (Å²) in [5.74, 6) is 0.193. The zero-order valence-electron chi connectivity index (χ0n) is 17.3. The van der Waals surface area contributed by atoms with E-state index in [2.05, 4.69) is 15.0 Å². The molecule has 3 heterocycles. The number of piperazine rings is 1. The van der Waals surface area contributed by atoms with Crippen LogP contribution < -0.4 is 15.4 Å². The Labute approximate surface area is 189 Å². The predicted molar refractivity (Wildman–Crippen MR) is 120 cm³/mol. The van der Waals surface area contributed by atoms with Gasteiger partial charge in [-0.2, -0.15) is 5.10 Å². The number of pyridine rings is 1. The van der Waals surface area contributed by atoms with Gasteiger partial charge < -0.3 is 20.3 Å². The minimum absolute atomic E-state index is 0.0168. The van der Waals surface area contributed by atoms with E-state index in [1.165, 1.54) is 4.68 Å². The van der Waals surface area contributed by atoms with Crippen LogP contribution in [0.25, 0.3) is 11.0 Å². The van der Waals surface area contributed by atoms with Gasteiger partial charge in [0.05, 0.1) is 10.4 Å². The fraction of sp³-hybridized carbons (Fsp3) is 0.333. The van der Waals surface area contributed by atoms with Gasteiger partial charge in [0.25, 0.3) is 0 Å². The van der Waals surface area contributed by atoms with Crippen LogP contribution >= 0.6 is 11.6 Å². The molecule has 32 heavy (non-hydrogen) atoms. The number of nitrogen functional groups attached to an aromatic ring is 1. The first-order valence-electron chi connectivity index (χ1n) is 10.1. The summed E-state index contributed by atoms with van der Waals surface area (Å²) in [6, 6.07) is 8.92. The second kappa shape index (κ2) is 9.39. The topological polar surface area (TPSA) is 113 Å². The second-order valence-corrected chi connectivity index (χ2v) is 7.72. The van der Waals surface area contributed by atoms with E-state index in [1.807, 2.05) is 6.07 Å². The number of amides is 1. The van der Waals surface area contributed by atoms with Crippen LogP contribution in [0.5, 0.6) is 5.75 Å². The normalized spacial score (nSPS) is 14.1. The van der Waals surface area contributed by atoms with E-state index in [1.54, 1.807) is 35.4 Å². The molecule has 3 aromatic rings. The molecule has 1 amide bonds. The molecule has 11 heteroatoms. The number of rotatable bonds is 7. The van der Waals surface area contributed by atoms with Crippen molar-refractivity contribution in [3.63, 3.8) is 0 Å². The van der Waals surface area contributed by atoms with Gasteiger partial charge in [-0.15, -0.1) is 0 Å². The molecule has 1 aliphatic heterocycles. The highest BCUT2D eigenvalue weighted by Crippen LogP contribution is 2.30. The minimum atomic E-state index is -0.587. The maximum absolute atomic E-state index is 12.9. The molecule has 168 valence electrons. The molecule has 0 unspecified atom stereocenters. The van der Waals surface area contributed by atoms with Gasteiger partial charge in [-0.1, -0.05) is 11.6 Å². The van der Waals surface area contributed by atoms with Crippen molar-refractivity contribution in [3.8, 4) is 5.75 Å². The molecule has 2 aromatic heterocycles. The van der Waals surface area contributed by atoms with Crippen molar-refractivity contribution in [2.24, 2.45) is 5.73 Å². The van der Waals surface area contributed by atoms with Crippen molar-refractivity contribution < 1.29 is 13.9 Å². The van der Waals surface area contributed by atoms with Crippen molar-refractivity contribution in [2.75, 3.05) is 44.4 Å². The molecule has 0 saturated carbocycles. The van der Waals surface area contributed by atoms with Crippen LogP contribution in [-0.2, 0) is 11.3 Å². The first-order chi connectivity index (χ1) is 15.5.